The molecular weight excluding hydrogens is 739 g/mol. The summed E-state index contributed by atoms with van der Waals surface area (Å²) < 4.78 is 203. The van der Waals surface area contributed by atoms with Crippen molar-refractivity contribution in [2.45, 2.75) is 37.1 Å². The van der Waals surface area contributed by atoms with Crippen molar-refractivity contribution >= 4 is 34.7 Å². The molecule has 8 nitrogen and oxygen atoms in total. The van der Waals surface area contributed by atoms with Gasteiger partial charge in [0.1, 0.15) is 34.7 Å². The SMILES string of the molecule is O.O.O=C([CH-]C(=O)C(F)(F)F)C(F)(F)F.O=C([CH-]C(=O)C(F)(F)F)C(F)(F)F.O=C([CH-]C(=O)C(F)(F)F)C(F)(F)F.[Y+3]. The first-order chi connectivity index (χ1) is 16.6. The molecule has 0 aromatic carbocycles. The Morgan fingerprint density at radius 2 is 0.357 bits per heavy atom. The molecule has 0 unspecified atom stereocenters. The van der Waals surface area contributed by atoms with Crippen LogP contribution in [0.5, 0.6) is 0 Å². The molecule has 4 N–H and O–H groups in total. The Morgan fingerprint density at radius 3 is 0.405 bits per heavy atom. The molecule has 0 heterocycles. The second-order valence-corrected chi connectivity index (χ2v) is 5.61. The quantitative estimate of drug-likeness (QED) is 0.231. The third kappa shape index (κ3) is 24.0. The minimum atomic E-state index is -5.46. The Labute approximate surface area is 242 Å². The molecule has 0 saturated heterocycles. The first-order valence-corrected chi connectivity index (χ1v) is 7.86. The molecule has 0 spiro atoms. The van der Waals surface area contributed by atoms with E-state index in [9.17, 15) is 108 Å². The molecule has 0 bridgehead atoms. The zero-order chi connectivity index (χ0) is 32.6. The number of alkyl halides is 18. The van der Waals surface area contributed by atoms with Crippen LogP contribution >= 0.6 is 0 Å². The van der Waals surface area contributed by atoms with E-state index in [4.69, 9.17) is 0 Å². The Morgan fingerprint density at radius 1 is 0.286 bits per heavy atom. The monoisotopic (exact) mass is 746 g/mol. The first kappa shape index (κ1) is 52.1. The van der Waals surface area contributed by atoms with Crippen LogP contribution in [0.25, 0.3) is 0 Å². The van der Waals surface area contributed by atoms with Crippen molar-refractivity contribution in [3.8, 4) is 0 Å². The Hall–Kier alpha value is -2.61. The van der Waals surface area contributed by atoms with E-state index >= 15 is 0 Å². The Balaban J connectivity index is -0.000000112. The number of halogens is 18. The number of rotatable bonds is 6. The van der Waals surface area contributed by atoms with E-state index < -0.39 is 91.0 Å². The van der Waals surface area contributed by atoms with E-state index in [1.807, 2.05) is 0 Å². The molecule has 27 heteroatoms. The standard InChI is InChI=1S/3C5HF6O2.2H2O.Y/c3*6-4(7,8)2(12)1-3(13)5(9,10)11;;;/h3*1H;2*1H2;/q3*-1;;;+3. The predicted octanol–water partition coefficient (Wildman–Crippen LogP) is 2.71. The van der Waals surface area contributed by atoms with E-state index in [0.29, 0.717) is 0 Å². The molecule has 0 aliphatic carbocycles. The van der Waals surface area contributed by atoms with Crippen molar-refractivity contribution < 1.29 is 151 Å². The normalized spacial score (nSPS) is 11.6. The molecule has 0 aromatic rings. The zero-order valence-electron chi connectivity index (χ0n) is 18.6. The molecular formula is C15H7F18O8Y. The van der Waals surface area contributed by atoms with Crippen LogP contribution in [0.4, 0.5) is 79.0 Å². The second-order valence-electron chi connectivity index (χ2n) is 5.61. The number of carbonyl (C=O) groups is 6. The van der Waals surface area contributed by atoms with E-state index in [2.05, 4.69) is 0 Å². The van der Waals surface area contributed by atoms with Gasteiger partial charge in [-0.1, -0.05) is 0 Å². The van der Waals surface area contributed by atoms with Crippen LogP contribution in [0.2, 0.25) is 0 Å². The molecule has 0 atom stereocenters. The van der Waals surface area contributed by atoms with Gasteiger partial charge in [0.15, 0.2) is 0 Å². The Bertz CT molecular complexity index is 731. The maximum atomic E-state index is 11.3. The molecule has 0 rings (SSSR count). The van der Waals surface area contributed by atoms with E-state index in [1.165, 1.54) is 0 Å². The molecule has 244 valence electrons. The smallest absolute Gasteiger partial charge is 0.412 e. The average Bonchev–Trinajstić information content (AvgIpc) is 2.64. The summed E-state index contributed by atoms with van der Waals surface area (Å²) in [5.74, 6) is -16.9. The maximum absolute atomic E-state index is 11.3. The molecule has 0 amide bonds. The zero-order valence-corrected chi connectivity index (χ0v) is 21.4. The maximum Gasteiger partial charge on any atom is 3.00 e. The van der Waals surface area contributed by atoms with E-state index in [0.717, 1.165) is 0 Å². The van der Waals surface area contributed by atoms with Crippen LogP contribution in [0.15, 0.2) is 0 Å². The average molecular weight is 746 g/mol. The van der Waals surface area contributed by atoms with E-state index in [1.54, 1.807) is 0 Å². The Kier molecular flexibility index (Phi) is 22.5. The summed E-state index contributed by atoms with van der Waals surface area (Å²) in [4.78, 5) is 58.9. The summed E-state index contributed by atoms with van der Waals surface area (Å²) in [6.07, 6.45) is -35.8. The van der Waals surface area contributed by atoms with Gasteiger partial charge in [0, 0.05) is 0 Å². The van der Waals surface area contributed by atoms with Gasteiger partial charge in [0.05, 0.1) is 0 Å². The number of ketones is 6. The van der Waals surface area contributed by atoms with Gasteiger partial charge in [0.25, 0.3) is 0 Å². The predicted molar refractivity (Wildman–Crippen MR) is 86.5 cm³/mol. The fourth-order valence-corrected chi connectivity index (χ4v) is 0.848. The first-order valence-electron chi connectivity index (χ1n) is 7.86. The number of carbonyl (C=O) groups excluding carboxylic acids is 6. The molecule has 0 saturated carbocycles. The molecule has 0 aromatic heterocycles. The van der Waals surface area contributed by atoms with Gasteiger partial charge in [-0.05, 0) is 0 Å². The molecule has 0 fully saturated rings. The number of Topliss-reactive ketones (excluding diaryl/α,β-unsaturated/α-hetero) is 6. The molecule has 0 aliphatic rings. The summed E-state index contributed by atoms with van der Waals surface area (Å²) >= 11 is 0. The summed E-state index contributed by atoms with van der Waals surface area (Å²) in [6.45, 7) is 0. The van der Waals surface area contributed by atoms with Crippen molar-refractivity contribution in [2.75, 3.05) is 0 Å². The summed E-state index contributed by atoms with van der Waals surface area (Å²) in [5, 5.41) is 0. The van der Waals surface area contributed by atoms with Crippen molar-refractivity contribution in [1.29, 1.82) is 0 Å². The van der Waals surface area contributed by atoms with Crippen LogP contribution in [-0.4, -0.2) is 82.7 Å². The van der Waals surface area contributed by atoms with Gasteiger partial charge in [-0.3, -0.25) is 0 Å². The summed E-state index contributed by atoms with van der Waals surface area (Å²) in [7, 11) is 0. The fraction of sp³-hybridized carbons (Fsp3) is 0.400. The minimum Gasteiger partial charge on any atom is -0.412 e. The van der Waals surface area contributed by atoms with Gasteiger partial charge in [0.2, 0.25) is 0 Å². The van der Waals surface area contributed by atoms with Gasteiger partial charge in [-0.2, -0.15) is 79.0 Å². The third-order valence-corrected chi connectivity index (χ3v) is 2.46. The van der Waals surface area contributed by atoms with Crippen LogP contribution in [0.3, 0.4) is 0 Å². The van der Waals surface area contributed by atoms with Crippen molar-refractivity contribution in [1.82, 2.24) is 0 Å². The van der Waals surface area contributed by atoms with Gasteiger partial charge < -0.3 is 39.7 Å². The molecule has 42 heavy (non-hydrogen) atoms. The second kappa shape index (κ2) is 18.1. The minimum absolute atomic E-state index is 0. The molecule has 0 aliphatic heterocycles. The van der Waals surface area contributed by atoms with E-state index in [-0.39, 0.29) is 43.7 Å². The summed E-state index contributed by atoms with van der Waals surface area (Å²) in [5.41, 5.74) is 0. The largest absolute Gasteiger partial charge is 3.00 e. The van der Waals surface area contributed by atoms with Crippen LogP contribution in [0, 0.1) is 19.3 Å². The van der Waals surface area contributed by atoms with Gasteiger partial charge in [-0.25, -0.2) is 19.3 Å². The number of hydrogen-bond acceptors (Lipinski definition) is 6. The molecule has 0 radical (unpaired) electrons. The van der Waals surface area contributed by atoms with Crippen molar-refractivity contribution in [2.24, 2.45) is 0 Å². The van der Waals surface area contributed by atoms with Gasteiger partial charge in [-0.15, -0.1) is 0 Å². The van der Waals surface area contributed by atoms with Crippen molar-refractivity contribution in [3.63, 3.8) is 0 Å². The van der Waals surface area contributed by atoms with Crippen molar-refractivity contribution in [3.05, 3.63) is 19.3 Å². The van der Waals surface area contributed by atoms with Crippen LogP contribution in [0.1, 0.15) is 0 Å². The van der Waals surface area contributed by atoms with Gasteiger partial charge >= 0.3 is 69.8 Å². The fourth-order valence-electron chi connectivity index (χ4n) is 0.848. The van der Waals surface area contributed by atoms with Crippen LogP contribution in [-0.2, 0) is 61.5 Å². The topological polar surface area (TPSA) is 165 Å². The van der Waals surface area contributed by atoms with Crippen LogP contribution < -0.4 is 0 Å². The third-order valence-electron chi connectivity index (χ3n) is 2.46. The number of hydrogen-bond donors (Lipinski definition) is 0. The summed E-state index contributed by atoms with van der Waals surface area (Å²) in [6, 6.07) is 0.